The molecule has 1 atom stereocenters. The van der Waals surface area contributed by atoms with Crippen molar-refractivity contribution >= 4 is 50.9 Å². The fourth-order valence-corrected chi connectivity index (χ4v) is 4.78. The number of hydrogen-bond acceptors (Lipinski definition) is 6. The Morgan fingerprint density at radius 2 is 2.07 bits per heavy atom. The molecule has 0 aliphatic rings. The van der Waals surface area contributed by atoms with E-state index in [0.29, 0.717) is 26.6 Å². The van der Waals surface area contributed by atoms with Gasteiger partial charge in [0.05, 0.1) is 6.54 Å². The second kappa shape index (κ2) is 9.07. The third-order valence-electron chi connectivity index (χ3n) is 4.33. The minimum absolute atomic E-state index is 0.157. The lowest BCUT2D eigenvalue weighted by Crippen LogP contribution is -2.35. The Bertz CT molecular complexity index is 1160. The standard InChI is InChI=1S/C19H15BrCl2N6OS/c20-13-3-1-2-12(6-13)17-25-18(27-26-17)30-9-19(29,8-28-11-23-10-24-28)15-5-4-14(21)7-16(15)22/h1-7,10-11,29H,8-9H2,(H,25,26,27). The van der Waals surface area contributed by atoms with E-state index in [1.165, 1.54) is 24.4 Å². The summed E-state index contributed by atoms with van der Waals surface area (Å²) in [5.41, 5.74) is 0.0954. The van der Waals surface area contributed by atoms with E-state index in [4.69, 9.17) is 23.2 Å². The number of rotatable bonds is 7. The van der Waals surface area contributed by atoms with Gasteiger partial charge < -0.3 is 5.11 Å². The van der Waals surface area contributed by atoms with Gasteiger partial charge in [0.25, 0.3) is 0 Å². The van der Waals surface area contributed by atoms with Crippen molar-refractivity contribution in [1.82, 2.24) is 29.9 Å². The lowest BCUT2D eigenvalue weighted by Gasteiger charge is -2.28. The molecule has 0 radical (unpaired) electrons. The van der Waals surface area contributed by atoms with Crippen LogP contribution in [0.3, 0.4) is 0 Å². The zero-order valence-corrected chi connectivity index (χ0v) is 19.3. The predicted octanol–water partition coefficient (Wildman–Crippen LogP) is 4.81. The molecule has 11 heteroatoms. The Morgan fingerprint density at radius 3 is 2.80 bits per heavy atom. The molecule has 2 N–H and O–H groups in total. The average molecular weight is 526 g/mol. The molecule has 4 aromatic rings. The quantitative estimate of drug-likeness (QED) is 0.336. The van der Waals surface area contributed by atoms with Crippen LogP contribution < -0.4 is 0 Å². The molecular formula is C19H15BrCl2N6OS. The van der Waals surface area contributed by atoms with Crippen LogP contribution in [-0.2, 0) is 12.1 Å². The third kappa shape index (κ3) is 4.87. The van der Waals surface area contributed by atoms with Gasteiger partial charge in [-0.3, -0.25) is 5.10 Å². The molecule has 1 unspecified atom stereocenters. The highest BCUT2D eigenvalue weighted by Crippen LogP contribution is 2.36. The van der Waals surface area contributed by atoms with Gasteiger partial charge in [0.1, 0.15) is 18.3 Å². The van der Waals surface area contributed by atoms with Crippen LogP contribution in [0.25, 0.3) is 11.4 Å². The first-order chi connectivity index (χ1) is 14.4. The zero-order valence-electron chi connectivity index (χ0n) is 15.3. The number of nitrogens with zero attached hydrogens (tertiary/aromatic N) is 5. The largest absolute Gasteiger partial charge is 0.382 e. The van der Waals surface area contributed by atoms with Gasteiger partial charge in [-0.1, -0.05) is 69.1 Å². The molecule has 0 fully saturated rings. The minimum Gasteiger partial charge on any atom is -0.382 e. The Balaban J connectivity index is 1.58. The number of aromatic amines is 1. The maximum atomic E-state index is 11.5. The summed E-state index contributed by atoms with van der Waals surface area (Å²) in [6, 6.07) is 12.8. The van der Waals surface area contributed by atoms with Gasteiger partial charge in [-0.2, -0.15) is 5.10 Å². The lowest BCUT2D eigenvalue weighted by molar-refractivity contribution is 0.0397. The molecule has 0 saturated heterocycles. The highest BCUT2D eigenvalue weighted by molar-refractivity contribution is 9.10. The second-order valence-corrected chi connectivity index (χ2v) is 9.22. The van der Waals surface area contributed by atoms with Crippen molar-refractivity contribution in [3.63, 3.8) is 0 Å². The van der Waals surface area contributed by atoms with Crippen molar-refractivity contribution in [2.75, 3.05) is 5.75 Å². The topological polar surface area (TPSA) is 92.5 Å². The molecule has 0 amide bonds. The van der Waals surface area contributed by atoms with E-state index in [0.717, 1.165) is 10.0 Å². The van der Waals surface area contributed by atoms with Crippen LogP contribution in [0, 0.1) is 0 Å². The number of thioether (sulfide) groups is 1. The van der Waals surface area contributed by atoms with E-state index in [9.17, 15) is 5.11 Å². The molecule has 154 valence electrons. The zero-order chi connectivity index (χ0) is 21.1. The van der Waals surface area contributed by atoms with Gasteiger partial charge in [-0.15, -0.1) is 5.10 Å². The predicted molar refractivity (Wildman–Crippen MR) is 121 cm³/mol. The highest BCUT2D eigenvalue weighted by Gasteiger charge is 2.33. The lowest BCUT2D eigenvalue weighted by atomic mass is 9.95. The van der Waals surface area contributed by atoms with Crippen LogP contribution in [0.5, 0.6) is 0 Å². The summed E-state index contributed by atoms with van der Waals surface area (Å²) >= 11 is 17.2. The number of H-pyrrole nitrogens is 1. The van der Waals surface area contributed by atoms with E-state index in [1.807, 2.05) is 24.3 Å². The Morgan fingerprint density at radius 1 is 1.20 bits per heavy atom. The summed E-state index contributed by atoms with van der Waals surface area (Å²) in [4.78, 5) is 8.47. The first-order valence-corrected chi connectivity index (χ1v) is 11.3. The summed E-state index contributed by atoms with van der Waals surface area (Å²) in [6.07, 6.45) is 2.95. The van der Waals surface area contributed by atoms with Crippen molar-refractivity contribution < 1.29 is 5.11 Å². The fourth-order valence-electron chi connectivity index (χ4n) is 2.92. The molecule has 2 aromatic heterocycles. The van der Waals surface area contributed by atoms with Crippen molar-refractivity contribution in [1.29, 1.82) is 0 Å². The van der Waals surface area contributed by atoms with Crippen molar-refractivity contribution in [2.45, 2.75) is 17.3 Å². The van der Waals surface area contributed by atoms with Gasteiger partial charge in [0.2, 0.25) is 5.16 Å². The second-order valence-electron chi connectivity index (χ2n) is 6.51. The van der Waals surface area contributed by atoms with Crippen molar-refractivity contribution in [3.8, 4) is 11.4 Å². The number of aromatic nitrogens is 6. The monoisotopic (exact) mass is 524 g/mol. The maximum absolute atomic E-state index is 11.5. The molecule has 2 heterocycles. The Hall–Kier alpha value is -1.91. The van der Waals surface area contributed by atoms with E-state index in [2.05, 4.69) is 41.2 Å². The van der Waals surface area contributed by atoms with E-state index < -0.39 is 5.60 Å². The van der Waals surface area contributed by atoms with E-state index >= 15 is 0 Å². The van der Waals surface area contributed by atoms with E-state index in [1.54, 1.807) is 22.9 Å². The van der Waals surface area contributed by atoms with Gasteiger partial charge in [0.15, 0.2) is 5.82 Å². The van der Waals surface area contributed by atoms with Crippen LogP contribution in [0.4, 0.5) is 0 Å². The number of aliphatic hydroxyl groups is 1. The molecule has 0 aliphatic carbocycles. The van der Waals surface area contributed by atoms with Gasteiger partial charge in [-0.25, -0.2) is 14.6 Å². The highest BCUT2D eigenvalue weighted by atomic mass is 79.9. The first-order valence-electron chi connectivity index (χ1n) is 8.74. The molecular weight excluding hydrogens is 511 g/mol. The van der Waals surface area contributed by atoms with Crippen LogP contribution in [-0.4, -0.2) is 40.8 Å². The van der Waals surface area contributed by atoms with Crippen LogP contribution in [0.2, 0.25) is 10.0 Å². The van der Waals surface area contributed by atoms with Crippen LogP contribution in [0.15, 0.2) is 64.7 Å². The van der Waals surface area contributed by atoms with Gasteiger partial charge in [0, 0.05) is 31.4 Å². The molecule has 0 bridgehead atoms. The van der Waals surface area contributed by atoms with Crippen LogP contribution in [0.1, 0.15) is 5.56 Å². The first kappa shape index (κ1) is 21.3. The Labute approximate surface area is 195 Å². The summed E-state index contributed by atoms with van der Waals surface area (Å²) in [5.74, 6) is 0.882. The summed E-state index contributed by atoms with van der Waals surface area (Å²) in [5, 5.41) is 24.2. The summed E-state index contributed by atoms with van der Waals surface area (Å²) in [7, 11) is 0. The molecule has 2 aromatic carbocycles. The van der Waals surface area contributed by atoms with Gasteiger partial charge >= 0.3 is 0 Å². The third-order valence-corrected chi connectivity index (χ3v) is 6.43. The van der Waals surface area contributed by atoms with Crippen molar-refractivity contribution in [3.05, 3.63) is 75.2 Å². The average Bonchev–Trinajstić information content (AvgIpc) is 3.38. The van der Waals surface area contributed by atoms with E-state index in [-0.39, 0.29) is 12.3 Å². The maximum Gasteiger partial charge on any atom is 0.208 e. The smallest absolute Gasteiger partial charge is 0.208 e. The number of benzene rings is 2. The normalized spacial score (nSPS) is 13.3. The molecule has 4 rings (SSSR count). The summed E-state index contributed by atoms with van der Waals surface area (Å²) in [6.45, 7) is 0.157. The molecule has 0 aliphatic heterocycles. The minimum atomic E-state index is -1.35. The summed E-state index contributed by atoms with van der Waals surface area (Å²) < 4.78 is 2.50. The Kier molecular flexibility index (Phi) is 6.45. The number of halogens is 3. The van der Waals surface area contributed by atoms with Crippen LogP contribution >= 0.6 is 50.9 Å². The molecule has 30 heavy (non-hydrogen) atoms. The number of hydrogen-bond donors (Lipinski definition) is 2. The van der Waals surface area contributed by atoms with Crippen molar-refractivity contribution in [2.24, 2.45) is 0 Å². The molecule has 0 spiro atoms. The SMILES string of the molecule is OC(CSc1n[nH]c(-c2cccc(Br)c2)n1)(Cn1cncn1)c1ccc(Cl)cc1Cl. The molecule has 0 saturated carbocycles. The fraction of sp³-hybridized carbons (Fsp3) is 0.158. The molecule has 7 nitrogen and oxygen atoms in total. The van der Waals surface area contributed by atoms with Gasteiger partial charge in [-0.05, 0) is 24.3 Å². The number of nitrogens with one attached hydrogen (secondary N) is 1.